The summed E-state index contributed by atoms with van der Waals surface area (Å²) in [4.78, 5) is 11.3. The highest BCUT2D eigenvalue weighted by Crippen LogP contribution is 2.26. The molecule has 0 radical (unpaired) electrons. The van der Waals surface area contributed by atoms with E-state index < -0.39 is 5.60 Å². The molecular weight excluding hydrogens is 302 g/mol. The second-order valence-electron chi connectivity index (χ2n) is 7.28. The fourth-order valence-electron chi connectivity index (χ4n) is 3.19. The summed E-state index contributed by atoms with van der Waals surface area (Å²) in [6.45, 7) is 9.21. The molecule has 2 aliphatic heterocycles. The number of hydrogen-bond donors (Lipinski definition) is 1. The molecule has 0 aliphatic carbocycles. The average molecular weight is 329 g/mol. The van der Waals surface area contributed by atoms with Crippen LogP contribution in [0.1, 0.15) is 43.5 Å². The van der Waals surface area contributed by atoms with Crippen LogP contribution in [0.5, 0.6) is 0 Å². The van der Waals surface area contributed by atoms with Crippen molar-refractivity contribution in [1.29, 1.82) is 0 Å². The van der Waals surface area contributed by atoms with Crippen molar-refractivity contribution in [1.82, 2.24) is 9.88 Å². The van der Waals surface area contributed by atoms with Crippen molar-refractivity contribution in [2.24, 2.45) is 10.9 Å². The van der Waals surface area contributed by atoms with E-state index in [-0.39, 0.29) is 0 Å². The molecule has 1 saturated heterocycles. The third-order valence-electron chi connectivity index (χ3n) is 4.70. The summed E-state index contributed by atoms with van der Waals surface area (Å²) in [6.07, 6.45) is 8.21. The van der Waals surface area contributed by atoms with Crippen LogP contribution < -0.4 is 0 Å². The van der Waals surface area contributed by atoms with Gasteiger partial charge < -0.3 is 14.7 Å². The molecule has 0 bridgehead atoms. The van der Waals surface area contributed by atoms with Crippen LogP contribution in [0.2, 0.25) is 0 Å². The van der Waals surface area contributed by atoms with Gasteiger partial charge in [0.15, 0.2) is 0 Å². The highest BCUT2D eigenvalue weighted by molar-refractivity contribution is 5.78. The smallest absolute Gasteiger partial charge is 0.101 e. The van der Waals surface area contributed by atoms with Gasteiger partial charge in [0.25, 0.3) is 0 Å². The van der Waals surface area contributed by atoms with Gasteiger partial charge in [-0.15, -0.1) is 0 Å². The Hall–Kier alpha value is -1.72. The highest BCUT2D eigenvalue weighted by atomic mass is 16.5. The monoisotopic (exact) mass is 329 g/mol. The molecule has 1 N–H and O–H groups in total. The standard InChI is InChI=1S/C19H27N3O2/c1-14-10-18(19(2,3)23)21-11-16(14)17-13-22(7-6-20-17)12-15-4-8-24-9-5-15/h6,10-11,13,15,23H,4-5,7-9,12H2,1-3H3. The molecule has 0 unspecified atom stereocenters. The van der Waals surface area contributed by atoms with Gasteiger partial charge in [0.05, 0.1) is 17.9 Å². The number of aromatic nitrogens is 1. The molecule has 5 heteroatoms. The lowest BCUT2D eigenvalue weighted by Gasteiger charge is -2.30. The molecule has 0 saturated carbocycles. The Morgan fingerprint density at radius 3 is 2.75 bits per heavy atom. The van der Waals surface area contributed by atoms with E-state index in [1.165, 1.54) is 0 Å². The van der Waals surface area contributed by atoms with Gasteiger partial charge in [-0.3, -0.25) is 9.98 Å². The van der Waals surface area contributed by atoms with Gasteiger partial charge in [-0.25, -0.2) is 0 Å². The molecule has 130 valence electrons. The van der Waals surface area contributed by atoms with Crippen molar-refractivity contribution in [3.8, 4) is 0 Å². The summed E-state index contributed by atoms with van der Waals surface area (Å²) in [6, 6.07) is 1.95. The minimum Gasteiger partial charge on any atom is -0.384 e. The van der Waals surface area contributed by atoms with Crippen LogP contribution in [0.3, 0.4) is 0 Å². The molecule has 24 heavy (non-hydrogen) atoms. The van der Waals surface area contributed by atoms with Crippen molar-refractivity contribution >= 4 is 11.9 Å². The van der Waals surface area contributed by atoms with E-state index in [0.29, 0.717) is 11.6 Å². The van der Waals surface area contributed by atoms with Gasteiger partial charge in [-0.1, -0.05) is 0 Å². The summed E-state index contributed by atoms with van der Waals surface area (Å²) < 4.78 is 5.44. The molecule has 3 heterocycles. The Balaban J connectivity index is 1.76. The van der Waals surface area contributed by atoms with Crippen LogP contribution in [0.4, 0.5) is 0 Å². The number of aliphatic imine (C=N–C) groups is 1. The van der Waals surface area contributed by atoms with Gasteiger partial charge >= 0.3 is 0 Å². The zero-order valence-corrected chi connectivity index (χ0v) is 14.8. The SMILES string of the molecule is Cc1cc(C(C)(C)O)ncc1C1=CN(CC2CCOCC2)CC=N1. The topological polar surface area (TPSA) is 58.0 Å². The molecule has 3 rings (SSSR count). The predicted molar refractivity (Wildman–Crippen MR) is 95.8 cm³/mol. The van der Waals surface area contributed by atoms with Gasteiger partial charge in [-0.05, 0) is 51.2 Å². The quantitative estimate of drug-likeness (QED) is 0.923. The van der Waals surface area contributed by atoms with Crippen LogP contribution in [0.15, 0.2) is 23.5 Å². The molecule has 1 aromatic heterocycles. The summed E-state index contributed by atoms with van der Waals surface area (Å²) in [5.74, 6) is 0.694. The van der Waals surface area contributed by atoms with E-state index in [2.05, 4.69) is 21.1 Å². The van der Waals surface area contributed by atoms with Crippen molar-refractivity contribution < 1.29 is 9.84 Å². The lowest BCUT2D eigenvalue weighted by Crippen LogP contribution is -2.31. The molecule has 5 nitrogen and oxygen atoms in total. The molecule has 1 aromatic rings. The molecule has 0 spiro atoms. The minimum atomic E-state index is -0.928. The first-order chi connectivity index (χ1) is 11.4. The predicted octanol–water partition coefficient (Wildman–Crippen LogP) is 2.73. The summed E-state index contributed by atoms with van der Waals surface area (Å²) in [5, 5.41) is 10.1. The largest absolute Gasteiger partial charge is 0.384 e. The van der Waals surface area contributed by atoms with E-state index in [1.807, 2.05) is 25.4 Å². The Bertz CT molecular complexity index is 641. The number of rotatable bonds is 4. The van der Waals surface area contributed by atoms with Crippen LogP contribution >= 0.6 is 0 Å². The van der Waals surface area contributed by atoms with Gasteiger partial charge in [0.2, 0.25) is 0 Å². The lowest BCUT2D eigenvalue weighted by atomic mass is 9.99. The van der Waals surface area contributed by atoms with Gasteiger partial charge in [-0.2, -0.15) is 0 Å². The minimum absolute atomic E-state index is 0.684. The Morgan fingerprint density at radius 1 is 1.33 bits per heavy atom. The Labute approximate surface area is 144 Å². The van der Waals surface area contributed by atoms with Gasteiger partial charge in [0, 0.05) is 43.9 Å². The molecule has 0 aromatic carbocycles. The van der Waals surface area contributed by atoms with Gasteiger partial charge in [0.1, 0.15) is 5.60 Å². The first-order valence-corrected chi connectivity index (χ1v) is 8.69. The number of pyridine rings is 1. The van der Waals surface area contributed by atoms with E-state index in [9.17, 15) is 5.11 Å². The average Bonchev–Trinajstić information content (AvgIpc) is 2.55. The Morgan fingerprint density at radius 2 is 2.08 bits per heavy atom. The number of nitrogens with zero attached hydrogens (tertiary/aromatic N) is 3. The van der Waals surface area contributed by atoms with E-state index >= 15 is 0 Å². The summed E-state index contributed by atoms with van der Waals surface area (Å²) in [5.41, 5.74) is 2.81. The second-order valence-corrected chi connectivity index (χ2v) is 7.28. The zero-order chi connectivity index (χ0) is 17.2. The molecule has 1 fully saturated rings. The van der Waals surface area contributed by atoms with E-state index in [4.69, 9.17) is 4.74 Å². The normalized spacial score (nSPS) is 19.5. The number of hydrogen-bond acceptors (Lipinski definition) is 5. The van der Waals surface area contributed by atoms with Crippen molar-refractivity contribution in [3.63, 3.8) is 0 Å². The van der Waals surface area contributed by atoms with E-state index in [0.717, 1.165) is 56.0 Å². The third kappa shape index (κ3) is 4.02. The molecular formula is C19H27N3O2. The first-order valence-electron chi connectivity index (χ1n) is 8.69. The fraction of sp³-hybridized carbons (Fsp3) is 0.579. The third-order valence-corrected chi connectivity index (χ3v) is 4.70. The molecule has 2 aliphatic rings. The van der Waals surface area contributed by atoms with Crippen LogP contribution in [-0.2, 0) is 10.3 Å². The number of aryl methyl sites for hydroxylation is 1. The Kier molecular flexibility index (Phi) is 5.01. The molecule has 0 atom stereocenters. The van der Waals surface area contributed by atoms with Crippen LogP contribution in [0, 0.1) is 12.8 Å². The maximum absolute atomic E-state index is 10.1. The summed E-state index contributed by atoms with van der Waals surface area (Å²) in [7, 11) is 0. The number of ether oxygens (including phenoxy) is 1. The fourth-order valence-corrected chi connectivity index (χ4v) is 3.19. The first kappa shape index (κ1) is 17.1. The summed E-state index contributed by atoms with van der Waals surface area (Å²) >= 11 is 0. The van der Waals surface area contributed by atoms with Crippen molar-refractivity contribution in [2.75, 3.05) is 26.3 Å². The van der Waals surface area contributed by atoms with Crippen LogP contribution in [0.25, 0.3) is 5.70 Å². The van der Waals surface area contributed by atoms with Crippen LogP contribution in [-0.4, -0.2) is 47.5 Å². The lowest BCUT2D eigenvalue weighted by molar-refractivity contribution is 0.0591. The zero-order valence-electron chi connectivity index (χ0n) is 14.8. The second kappa shape index (κ2) is 7.03. The van der Waals surface area contributed by atoms with E-state index in [1.54, 1.807) is 13.8 Å². The highest BCUT2D eigenvalue weighted by Gasteiger charge is 2.21. The van der Waals surface area contributed by atoms with Crippen molar-refractivity contribution in [2.45, 2.75) is 39.2 Å². The maximum atomic E-state index is 10.1. The number of aliphatic hydroxyl groups is 1. The molecule has 0 amide bonds. The van der Waals surface area contributed by atoms with Crippen molar-refractivity contribution in [3.05, 3.63) is 35.3 Å². The maximum Gasteiger partial charge on any atom is 0.101 e.